The van der Waals surface area contributed by atoms with Crippen LogP contribution in [0.5, 0.6) is 0 Å². The number of nitrogens with zero attached hydrogens (tertiary/aromatic N) is 5. The molecule has 3 heterocycles. The summed E-state index contributed by atoms with van der Waals surface area (Å²) in [5.74, 6) is 0.533. The Kier molecular flexibility index (Phi) is 3.89. The van der Waals surface area contributed by atoms with E-state index in [1.165, 1.54) is 15.9 Å². The number of hydrogen-bond acceptors (Lipinski definition) is 6. The largest absolute Gasteiger partial charge is 0.302 e. The lowest BCUT2D eigenvalue weighted by Crippen LogP contribution is -2.19. The SMILES string of the molecule is CC(C)Cc1cc(-c2nn3c(=O)c(-c4ccccc4)nnc3s2)n[nH]1. The lowest BCUT2D eigenvalue weighted by atomic mass is 10.1. The van der Waals surface area contributed by atoms with Gasteiger partial charge in [-0.1, -0.05) is 55.5 Å². The van der Waals surface area contributed by atoms with Gasteiger partial charge in [-0.2, -0.15) is 9.61 Å². The van der Waals surface area contributed by atoms with Crippen LogP contribution in [-0.2, 0) is 6.42 Å². The quantitative estimate of drug-likeness (QED) is 0.610. The van der Waals surface area contributed by atoms with E-state index < -0.39 is 0 Å². The molecule has 0 amide bonds. The van der Waals surface area contributed by atoms with Gasteiger partial charge >= 0.3 is 5.56 Å². The van der Waals surface area contributed by atoms with Crippen molar-refractivity contribution >= 4 is 16.3 Å². The van der Waals surface area contributed by atoms with Crippen LogP contribution in [0.2, 0.25) is 0 Å². The third-order valence-corrected chi connectivity index (χ3v) is 4.64. The number of H-pyrrole nitrogens is 1. The van der Waals surface area contributed by atoms with Crippen LogP contribution in [0.1, 0.15) is 19.5 Å². The fourth-order valence-electron chi connectivity index (χ4n) is 2.61. The molecule has 25 heavy (non-hydrogen) atoms. The van der Waals surface area contributed by atoms with E-state index in [9.17, 15) is 4.79 Å². The highest BCUT2D eigenvalue weighted by molar-refractivity contribution is 7.19. The van der Waals surface area contributed by atoms with Crippen LogP contribution in [-0.4, -0.2) is 30.0 Å². The highest BCUT2D eigenvalue weighted by atomic mass is 32.1. The molecule has 7 nitrogen and oxygen atoms in total. The maximum Gasteiger partial charge on any atom is 0.302 e. The highest BCUT2D eigenvalue weighted by Gasteiger charge is 2.16. The van der Waals surface area contributed by atoms with Gasteiger partial charge in [-0.25, -0.2) is 0 Å². The molecule has 8 heteroatoms. The van der Waals surface area contributed by atoms with Crippen molar-refractivity contribution in [1.82, 2.24) is 30.0 Å². The van der Waals surface area contributed by atoms with Crippen molar-refractivity contribution in [2.45, 2.75) is 20.3 Å². The lowest BCUT2D eigenvalue weighted by molar-refractivity contribution is 0.633. The Balaban J connectivity index is 1.77. The number of aromatic amines is 1. The van der Waals surface area contributed by atoms with Crippen molar-refractivity contribution in [3.8, 4) is 22.0 Å². The Morgan fingerprint density at radius 2 is 2.00 bits per heavy atom. The third kappa shape index (κ3) is 2.96. The van der Waals surface area contributed by atoms with Gasteiger partial charge in [0.05, 0.1) is 0 Å². The van der Waals surface area contributed by atoms with Crippen molar-refractivity contribution in [2.75, 3.05) is 0 Å². The molecule has 1 N–H and O–H groups in total. The van der Waals surface area contributed by atoms with Gasteiger partial charge in [0.25, 0.3) is 0 Å². The zero-order chi connectivity index (χ0) is 17.4. The second kappa shape index (κ2) is 6.21. The molecule has 0 saturated carbocycles. The Labute approximate surface area is 147 Å². The molecule has 0 aliphatic heterocycles. The van der Waals surface area contributed by atoms with E-state index in [0.29, 0.717) is 21.6 Å². The molecule has 0 radical (unpaired) electrons. The second-order valence-corrected chi connectivity index (χ2v) is 7.15. The zero-order valence-corrected chi connectivity index (χ0v) is 14.6. The van der Waals surface area contributed by atoms with Crippen molar-refractivity contribution in [1.29, 1.82) is 0 Å². The van der Waals surface area contributed by atoms with Gasteiger partial charge in [0, 0.05) is 11.3 Å². The van der Waals surface area contributed by atoms with E-state index in [1.807, 2.05) is 36.4 Å². The maximum atomic E-state index is 12.7. The Bertz CT molecular complexity index is 1080. The van der Waals surface area contributed by atoms with Crippen molar-refractivity contribution in [3.05, 3.63) is 52.4 Å². The highest BCUT2D eigenvalue weighted by Crippen LogP contribution is 2.24. The summed E-state index contributed by atoms with van der Waals surface area (Å²) in [6, 6.07) is 11.2. The summed E-state index contributed by atoms with van der Waals surface area (Å²) in [4.78, 5) is 13.2. The van der Waals surface area contributed by atoms with Gasteiger partial charge in [0.15, 0.2) is 10.7 Å². The van der Waals surface area contributed by atoms with E-state index in [0.717, 1.165) is 17.7 Å². The summed E-state index contributed by atoms with van der Waals surface area (Å²) in [6.07, 6.45) is 0.913. The number of nitrogens with one attached hydrogen (secondary N) is 1. The molecule has 4 rings (SSSR count). The van der Waals surface area contributed by atoms with Crippen molar-refractivity contribution in [2.24, 2.45) is 5.92 Å². The van der Waals surface area contributed by atoms with Gasteiger partial charge in [0.2, 0.25) is 4.96 Å². The molecule has 0 saturated heterocycles. The molecular formula is C17H16N6OS. The van der Waals surface area contributed by atoms with Crippen LogP contribution in [0.15, 0.2) is 41.2 Å². The summed E-state index contributed by atoms with van der Waals surface area (Å²) in [6.45, 7) is 4.30. The van der Waals surface area contributed by atoms with Crippen LogP contribution < -0.4 is 5.56 Å². The van der Waals surface area contributed by atoms with Gasteiger partial charge in [-0.3, -0.25) is 9.89 Å². The van der Waals surface area contributed by atoms with Gasteiger partial charge in [-0.05, 0) is 18.4 Å². The molecule has 0 spiro atoms. The first-order valence-electron chi connectivity index (χ1n) is 7.98. The molecule has 126 valence electrons. The minimum Gasteiger partial charge on any atom is -0.282 e. The number of benzene rings is 1. The summed E-state index contributed by atoms with van der Waals surface area (Å²) in [5.41, 5.74) is 2.50. The Morgan fingerprint density at radius 1 is 1.20 bits per heavy atom. The van der Waals surface area contributed by atoms with Gasteiger partial charge in [-0.15, -0.1) is 15.3 Å². The van der Waals surface area contributed by atoms with Crippen LogP contribution >= 0.6 is 11.3 Å². The fourth-order valence-corrected chi connectivity index (χ4v) is 3.41. The average molecular weight is 352 g/mol. The molecule has 0 bridgehead atoms. The normalized spacial score (nSPS) is 11.5. The van der Waals surface area contributed by atoms with E-state index in [4.69, 9.17) is 0 Å². The van der Waals surface area contributed by atoms with Gasteiger partial charge in [0.1, 0.15) is 5.69 Å². The Hall–Kier alpha value is -2.87. The molecule has 1 aromatic carbocycles. The summed E-state index contributed by atoms with van der Waals surface area (Å²) in [7, 11) is 0. The first-order chi connectivity index (χ1) is 12.1. The third-order valence-electron chi connectivity index (χ3n) is 3.72. The van der Waals surface area contributed by atoms with E-state index in [1.54, 1.807) is 0 Å². The molecule has 0 unspecified atom stereocenters. The molecule has 0 atom stereocenters. The van der Waals surface area contributed by atoms with E-state index >= 15 is 0 Å². The fraction of sp³-hybridized carbons (Fsp3) is 0.235. The van der Waals surface area contributed by atoms with Gasteiger partial charge < -0.3 is 0 Å². The first-order valence-corrected chi connectivity index (χ1v) is 8.80. The minimum absolute atomic E-state index is 0.281. The molecule has 4 aromatic rings. The van der Waals surface area contributed by atoms with Crippen molar-refractivity contribution in [3.63, 3.8) is 0 Å². The molecule has 0 aliphatic carbocycles. The monoisotopic (exact) mass is 352 g/mol. The van der Waals surface area contributed by atoms with E-state index in [-0.39, 0.29) is 11.3 Å². The van der Waals surface area contributed by atoms with E-state index in [2.05, 4.69) is 39.3 Å². The van der Waals surface area contributed by atoms with Crippen LogP contribution in [0.25, 0.3) is 26.9 Å². The predicted molar refractivity (Wildman–Crippen MR) is 96.5 cm³/mol. The standard InChI is InChI=1S/C17H16N6OS/c1-10(2)8-12-9-13(19-18-12)15-22-23-16(24)14(20-21-17(23)25-15)11-6-4-3-5-7-11/h3-7,9-10H,8H2,1-2H3,(H,18,19). The predicted octanol–water partition coefficient (Wildman–Crippen LogP) is 2.80. The lowest BCUT2D eigenvalue weighted by Gasteiger charge is -1.98. The topological polar surface area (TPSA) is 88.8 Å². The number of rotatable bonds is 4. The van der Waals surface area contributed by atoms with Crippen LogP contribution in [0.3, 0.4) is 0 Å². The maximum absolute atomic E-state index is 12.7. The molecule has 0 fully saturated rings. The summed E-state index contributed by atoms with van der Waals surface area (Å²) < 4.78 is 1.30. The van der Waals surface area contributed by atoms with Crippen LogP contribution in [0.4, 0.5) is 0 Å². The van der Waals surface area contributed by atoms with Crippen molar-refractivity contribution < 1.29 is 0 Å². The number of fused-ring (bicyclic) bond motifs is 1. The summed E-state index contributed by atoms with van der Waals surface area (Å²) >= 11 is 1.30. The number of aromatic nitrogens is 6. The smallest absolute Gasteiger partial charge is 0.282 e. The molecule has 3 aromatic heterocycles. The molecular weight excluding hydrogens is 336 g/mol. The second-order valence-electron chi connectivity index (χ2n) is 6.20. The summed E-state index contributed by atoms with van der Waals surface area (Å²) in [5, 5.41) is 20.6. The zero-order valence-electron chi connectivity index (χ0n) is 13.8. The average Bonchev–Trinajstić information content (AvgIpc) is 3.22. The number of hydrogen-bond donors (Lipinski definition) is 1. The first kappa shape index (κ1) is 15.6. The van der Waals surface area contributed by atoms with Crippen LogP contribution in [0, 0.1) is 5.92 Å². The molecule has 0 aliphatic rings. The Morgan fingerprint density at radius 3 is 2.76 bits per heavy atom. The minimum atomic E-state index is -0.281.